The minimum Gasteiger partial charge on any atom is -0.338 e. The highest BCUT2D eigenvalue weighted by atomic mass is 32.2. The van der Waals surface area contributed by atoms with Gasteiger partial charge >= 0.3 is 0 Å². The third kappa shape index (κ3) is 3.43. The van der Waals surface area contributed by atoms with E-state index in [2.05, 4.69) is 12.1 Å². The Morgan fingerprint density at radius 2 is 1.96 bits per heavy atom. The van der Waals surface area contributed by atoms with Crippen molar-refractivity contribution in [1.82, 2.24) is 9.21 Å². The summed E-state index contributed by atoms with van der Waals surface area (Å²) in [6.45, 7) is 3.91. The predicted molar refractivity (Wildman–Crippen MR) is 89.3 cm³/mol. The van der Waals surface area contributed by atoms with Gasteiger partial charge in [0, 0.05) is 26.2 Å². The van der Waals surface area contributed by atoms with Crippen LogP contribution in [0.5, 0.6) is 0 Å². The summed E-state index contributed by atoms with van der Waals surface area (Å²) in [7, 11) is -3.20. The van der Waals surface area contributed by atoms with E-state index < -0.39 is 10.0 Å². The molecule has 0 unspecified atom stereocenters. The molecule has 126 valence electrons. The second-order valence-corrected chi connectivity index (χ2v) is 8.63. The van der Waals surface area contributed by atoms with Gasteiger partial charge in [-0.1, -0.05) is 24.3 Å². The first kappa shape index (κ1) is 16.5. The third-order valence-corrected chi connectivity index (χ3v) is 6.78. The molecule has 0 radical (unpaired) electrons. The first-order valence-electron chi connectivity index (χ1n) is 8.34. The van der Waals surface area contributed by atoms with Crippen molar-refractivity contribution in [2.45, 2.75) is 32.7 Å². The van der Waals surface area contributed by atoms with Crippen molar-refractivity contribution in [1.29, 1.82) is 0 Å². The Balaban J connectivity index is 1.69. The quantitative estimate of drug-likeness (QED) is 0.843. The van der Waals surface area contributed by atoms with Crippen LogP contribution in [0, 0.1) is 5.92 Å². The highest BCUT2D eigenvalue weighted by Gasteiger charge is 2.34. The van der Waals surface area contributed by atoms with Crippen LogP contribution in [-0.4, -0.2) is 48.9 Å². The van der Waals surface area contributed by atoms with Crippen LogP contribution >= 0.6 is 0 Å². The van der Waals surface area contributed by atoms with E-state index in [0.717, 1.165) is 25.8 Å². The molecule has 1 atom stereocenters. The Hall–Kier alpha value is -1.40. The number of hydrogen-bond donors (Lipinski definition) is 0. The molecule has 0 aliphatic carbocycles. The topological polar surface area (TPSA) is 57.7 Å². The molecule has 0 aromatic heterocycles. The zero-order valence-corrected chi connectivity index (χ0v) is 14.4. The number of fused-ring (bicyclic) bond motifs is 1. The molecule has 2 aliphatic rings. The molecule has 2 heterocycles. The minimum atomic E-state index is -3.20. The van der Waals surface area contributed by atoms with E-state index in [1.54, 1.807) is 6.92 Å². The number of sulfonamides is 1. The van der Waals surface area contributed by atoms with Gasteiger partial charge in [-0.2, -0.15) is 0 Å². The lowest BCUT2D eigenvalue weighted by molar-refractivity contribution is -0.137. The van der Waals surface area contributed by atoms with Gasteiger partial charge in [0.25, 0.3) is 0 Å². The fourth-order valence-electron chi connectivity index (χ4n) is 3.52. The predicted octanol–water partition coefficient (Wildman–Crippen LogP) is 1.63. The van der Waals surface area contributed by atoms with E-state index in [1.807, 2.05) is 17.0 Å². The Morgan fingerprint density at radius 3 is 2.70 bits per heavy atom. The molecule has 0 N–H and O–H groups in total. The Labute approximate surface area is 138 Å². The van der Waals surface area contributed by atoms with Gasteiger partial charge in [-0.05, 0) is 37.3 Å². The maximum atomic E-state index is 12.8. The minimum absolute atomic E-state index is 0.102. The molecule has 3 rings (SSSR count). The summed E-state index contributed by atoms with van der Waals surface area (Å²) in [6, 6.07) is 8.23. The Morgan fingerprint density at radius 1 is 1.22 bits per heavy atom. The van der Waals surface area contributed by atoms with Gasteiger partial charge in [-0.25, -0.2) is 12.7 Å². The summed E-state index contributed by atoms with van der Waals surface area (Å²) in [5.74, 6) is 0.0104. The molecule has 1 fully saturated rings. The van der Waals surface area contributed by atoms with E-state index in [9.17, 15) is 13.2 Å². The molecule has 2 aliphatic heterocycles. The molecule has 1 amide bonds. The fourth-order valence-corrected chi connectivity index (χ4v) is 4.70. The number of rotatable bonds is 3. The molecule has 6 heteroatoms. The van der Waals surface area contributed by atoms with Gasteiger partial charge in [0.1, 0.15) is 0 Å². The summed E-state index contributed by atoms with van der Waals surface area (Å²) in [5, 5.41) is 0. The SMILES string of the molecule is CCS(=O)(=O)N1CCC[C@H](C(=O)N2CCc3ccccc3C2)C1. The van der Waals surface area contributed by atoms with Crippen molar-refractivity contribution in [2.24, 2.45) is 5.92 Å². The van der Waals surface area contributed by atoms with Crippen LogP contribution < -0.4 is 0 Å². The first-order chi connectivity index (χ1) is 11.0. The average Bonchev–Trinajstić information content (AvgIpc) is 2.60. The van der Waals surface area contributed by atoms with E-state index in [1.165, 1.54) is 15.4 Å². The van der Waals surface area contributed by atoms with Gasteiger partial charge in [0.2, 0.25) is 15.9 Å². The molecule has 5 nitrogen and oxygen atoms in total. The van der Waals surface area contributed by atoms with Crippen molar-refractivity contribution in [3.05, 3.63) is 35.4 Å². The maximum absolute atomic E-state index is 12.8. The highest BCUT2D eigenvalue weighted by molar-refractivity contribution is 7.89. The lowest BCUT2D eigenvalue weighted by atomic mass is 9.95. The third-order valence-electron chi connectivity index (χ3n) is 4.93. The second-order valence-electron chi connectivity index (χ2n) is 6.38. The highest BCUT2D eigenvalue weighted by Crippen LogP contribution is 2.25. The number of nitrogens with zero attached hydrogens (tertiary/aromatic N) is 2. The summed E-state index contributed by atoms with van der Waals surface area (Å²) in [6.07, 6.45) is 2.43. The van der Waals surface area contributed by atoms with E-state index in [-0.39, 0.29) is 17.6 Å². The van der Waals surface area contributed by atoms with Crippen molar-refractivity contribution in [3.8, 4) is 0 Å². The number of carbonyl (C=O) groups excluding carboxylic acids is 1. The van der Waals surface area contributed by atoms with Crippen LogP contribution in [0.3, 0.4) is 0 Å². The van der Waals surface area contributed by atoms with Gasteiger partial charge in [-0.15, -0.1) is 0 Å². The summed E-state index contributed by atoms with van der Waals surface area (Å²) in [4.78, 5) is 14.7. The molecule has 23 heavy (non-hydrogen) atoms. The normalized spacial score (nSPS) is 22.7. The van der Waals surface area contributed by atoms with Crippen molar-refractivity contribution in [3.63, 3.8) is 0 Å². The van der Waals surface area contributed by atoms with Gasteiger partial charge in [-0.3, -0.25) is 4.79 Å². The summed E-state index contributed by atoms with van der Waals surface area (Å²) >= 11 is 0. The van der Waals surface area contributed by atoms with Gasteiger partial charge in [0.15, 0.2) is 0 Å². The van der Waals surface area contributed by atoms with Crippen LogP contribution in [-0.2, 0) is 27.8 Å². The first-order valence-corrected chi connectivity index (χ1v) is 9.95. The van der Waals surface area contributed by atoms with Crippen LogP contribution in [0.2, 0.25) is 0 Å². The fraction of sp³-hybridized carbons (Fsp3) is 0.588. The molecular weight excluding hydrogens is 312 g/mol. The second kappa shape index (κ2) is 6.61. The maximum Gasteiger partial charge on any atom is 0.227 e. The van der Waals surface area contributed by atoms with Gasteiger partial charge in [0.05, 0.1) is 11.7 Å². The van der Waals surface area contributed by atoms with Crippen LogP contribution in [0.4, 0.5) is 0 Å². The van der Waals surface area contributed by atoms with Crippen LogP contribution in [0.15, 0.2) is 24.3 Å². The smallest absolute Gasteiger partial charge is 0.227 e. The number of piperidine rings is 1. The Kier molecular flexibility index (Phi) is 4.73. The summed E-state index contributed by atoms with van der Waals surface area (Å²) < 4.78 is 25.6. The van der Waals surface area contributed by atoms with Crippen molar-refractivity contribution >= 4 is 15.9 Å². The molecular formula is C17H24N2O3S. The molecule has 0 spiro atoms. The standard InChI is InChI=1S/C17H24N2O3S/c1-2-23(21,22)19-10-5-8-16(13-19)17(20)18-11-9-14-6-3-4-7-15(14)12-18/h3-4,6-7,16H,2,5,8-13H2,1H3/t16-/m0/s1. The molecule has 0 saturated carbocycles. The van der Waals surface area contributed by atoms with E-state index >= 15 is 0 Å². The average molecular weight is 336 g/mol. The van der Waals surface area contributed by atoms with Crippen LogP contribution in [0.25, 0.3) is 0 Å². The molecule has 1 aromatic rings. The molecule has 1 aromatic carbocycles. The number of carbonyl (C=O) groups is 1. The Bertz CT molecular complexity index is 687. The zero-order valence-electron chi connectivity index (χ0n) is 13.6. The lowest BCUT2D eigenvalue weighted by Gasteiger charge is -2.36. The van der Waals surface area contributed by atoms with Gasteiger partial charge < -0.3 is 4.90 Å². The van der Waals surface area contributed by atoms with E-state index in [4.69, 9.17) is 0 Å². The van der Waals surface area contributed by atoms with E-state index in [0.29, 0.717) is 19.6 Å². The largest absolute Gasteiger partial charge is 0.338 e. The zero-order chi connectivity index (χ0) is 16.4. The van der Waals surface area contributed by atoms with Crippen LogP contribution in [0.1, 0.15) is 30.9 Å². The lowest BCUT2D eigenvalue weighted by Crippen LogP contribution is -2.48. The van der Waals surface area contributed by atoms with Crippen molar-refractivity contribution < 1.29 is 13.2 Å². The molecule has 0 bridgehead atoms. The van der Waals surface area contributed by atoms with Crippen molar-refractivity contribution in [2.75, 3.05) is 25.4 Å². The number of hydrogen-bond acceptors (Lipinski definition) is 3. The summed E-state index contributed by atoms with van der Waals surface area (Å²) in [5.41, 5.74) is 2.52. The monoisotopic (exact) mass is 336 g/mol. The molecule has 1 saturated heterocycles. The number of benzene rings is 1. The number of amides is 1.